The van der Waals surface area contributed by atoms with Crippen LogP contribution in [0.5, 0.6) is 0 Å². The zero-order valence-electron chi connectivity index (χ0n) is 14.0. The van der Waals surface area contributed by atoms with Gasteiger partial charge in [0.25, 0.3) is 0 Å². The van der Waals surface area contributed by atoms with Gasteiger partial charge in [-0.1, -0.05) is 17.4 Å². The number of ether oxygens (including phenoxy) is 1. The van der Waals surface area contributed by atoms with Crippen molar-refractivity contribution in [2.45, 2.75) is 12.8 Å². The van der Waals surface area contributed by atoms with Gasteiger partial charge >= 0.3 is 0 Å². The molecular weight excluding hydrogens is 336 g/mol. The highest BCUT2D eigenvalue weighted by atomic mass is 32.1. The summed E-state index contributed by atoms with van der Waals surface area (Å²) in [6.07, 6.45) is 2.24. The Hall–Kier alpha value is -2.24. The minimum Gasteiger partial charge on any atom is -0.379 e. The number of piperidine rings is 1. The van der Waals surface area contributed by atoms with E-state index in [-0.39, 0.29) is 5.41 Å². The molecule has 8 heteroatoms. The summed E-state index contributed by atoms with van der Waals surface area (Å²) < 4.78 is 5.97. The lowest BCUT2D eigenvalue weighted by Gasteiger charge is -2.43. The SMILES string of the molecule is N#Cc1cccc(N2CCOCC3(CCCN(c4nncs4)C3)C2)n1. The van der Waals surface area contributed by atoms with Crippen LogP contribution in [0.3, 0.4) is 0 Å². The lowest BCUT2D eigenvalue weighted by Crippen LogP contribution is -2.51. The first-order chi connectivity index (χ1) is 12.3. The van der Waals surface area contributed by atoms with Gasteiger partial charge in [-0.05, 0) is 25.0 Å². The third kappa shape index (κ3) is 3.43. The van der Waals surface area contributed by atoms with Crippen LogP contribution in [0.25, 0.3) is 0 Å². The predicted octanol–water partition coefficient (Wildman–Crippen LogP) is 1.93. The molecule has 2 saturated heterocycles. The highest BCUT2D eigenvalue weighted by Crippen LogP contribution is 2.36. The third-order valence-electron chi connectivity index (χ3n) is 4.89. The first-order valence-electron chi connectivity index (χ1n) is 8.49. The Labute approximate surface area is 150 Å². The van der Waals surface area contributed by atoms with Crippen molar-refractivity contribution in [3.05, 3.63) is 29.4 Å². The van der Waals surface area contributed by atoms with Gasteiger partial charge < -0.3 is 14.5 Å². The number of hydrogen-bond acceptors (Lipinski definition) is 8. The van der Waals surface area contributed by atoms with Crippen LogP contribution in [0.2, 0.25) is 0 Å². The van der Waals surface area contributed by atoms with Gasteiger partial charge in [0.05, 0.1) is 13.2 Å². The van der Waals surface area contributed by atoms with Gasteiger partial charge in [0.1, 0.15) is 23.1 Å². The molecule has 0 aromatic carbocycles. The molecule has 2 fully saturated rings. The van der Waals surface area contributed by atoms with Crippen molar-refractivity contribution >= 4 is 22.3 Å². The summed E-state index contributed by atoms with van der Waals surface area (Å²) in [7, 11) is 0. The molecule has 1 atom stereocenters. The quantitative estimate of drug-likeness (QED) is 0.813. The summed E-state index contributed by atoms with van der Waals surface area (Å²) in [4.78, 5) is 9.07. The molecule has 2 aromatic heterocycles. The maximum absolute atomic E-state index is 9.12. The highest BCUT2D eigenvalue weighted by Gasteiger charge is 2.40. The lowest BCUT2D eigenvalue weighted by atomic mass is 9.80. The van der Waals surface area contributed by atoms with E-state index in [2.05, 4.69) is 31.1 Å². The summed E-state index contributed by atoms with van der Waals surface area (Å²) in [5, 5.41) is 18.3. The average Bonchev–Trinajstić information content (AvgIpc) is 3.12. The molecule has 0 bridgehead atoms. The van der Waals surface area contributed by atoms with Gasteiger partial charge in [0, 0.05) is 31.6 Å². The summed E-state index contributed by atoms with van der Waals surface area (Å²) >= 11 is 1.58. The summed E-state index contributed by atoms with van der Waals surface area (Å²) in [5.41, 5.74) is 2.28. The Kier molecular flexibility index (Phi) is 4.51. The van der Waals surface area contributed by atoms with Gasteiger partial charge in [-0.3, -0.25) is 0 Å². The van der Waals surface area contributed by atoms with Crippen molar-refractivity contribution in [3.8, 4) is 6.07 Å². The number of aromatic nitrogens is 3. The van der Waals surface area contributed by atoms with Crippen LogP contribution >= 0.6 is 11.3 Å². The van der Waals surface area contributed by atoms with Crippen LogP contribution in [0.4, 0.5) is 10.9 Å². The Balaban J connectivity index is 1.57. The topological polar surface area (TPSA) is 78.2 Å². The van der Waals surface area contributed by atoms with Crippen LogP contribution in [0, 0.1) is 16.7 Å². The van der Waals surface area contributed by atoms with E-state index < -0.39 is 0 Å². The number of nitriles is 1. The molecule has 0 N–H and O–H groups in total. The van der Waals surface area contributed by atoms with Crippen LogP contribution in [-0.2, 0) is 4.74 Å². The monoisotopic (exact) mass is 356 g/mol. The number of nitrogens with zero attached hydrogens (tertiary/aromatic N) is 6. The summed E-state index contributed by atoms with van der Waals surface area (Å²) in [6, 6.07) is 7.74. The standard InChI is InChI=1S/C17H20N6OS/c18-9-14-3-1-4-15(20-14)22-7-8-24-12-17(10-22)5-2-6-23(11-17)16-21-19-13-25-16/h1,3-4,13H,2,5-8,10-12H2. The van der Waals surface area contributed by atoms with E-state index >= 15 is 0 Å². The maximum Gasteiger partial charge on any atom is 0.208 e. The molecule has 0 saturated carbocycles. The molecule has 2 aliphatic rings. The van der Waals surface area contributed by atoms with Gasteiger partial charge in [-0.15, -0.1) is 10.2 Å². The fourth-order valence-corrected chi connectivity index (χ4v) is 4.36. The smallest absolute Gasteiger partial charge is 0.208 e. The van der Waals surface area contributed by atoms with E-state index in [0.717, 1.165) is 56.6 Å². The van der Waals surface area contributed by atoms with E-state index in [1.807, 2.05) is 12.1 Å². The van der Waals surface area contributed by atoms with Crippen LogP contribution < -0.4 is 9.80 Å². The zero-order valence-corrected chi connectivity index (χ0v) is 14.8. The molecule has 2 aromatic rings. The molecule has 25 heavy (non-hydrogen) atoms. The van der Waals surface area contributed by atoms with E-state index in [9.17, 15) is 0 Å². The minimum atomic E-state index is 0.0464. The molecule has 0 radical (unpaired) electrons. The Bertz CT molecular complexity index is 761. The largest absolute Gasteiger partial charge is 0.379 e. The fraction of sp³-hybridized carbons (Fsp3) is 0.529. The van der Waals surface area contributed by atoms with Crippen LogP contribution in [-0.4, -0.2) is 54.6 Å². The molecule has 130 valence electrons. The average molecular weight is 356 g/mol. The van der Waals surface area contributed by atoms with Gasteiger partial charge in [0.2, 0.25) is 5.13 Å². The molecule has 2 aliphatic heterocycles. The lowest BCUT2D eigenvalue weighted by molar-refractivity contribution is 0.0598. The molecule has 0 amide bonds. The van der Waals surface area contributed by atoms with Crippen molar-refractivity contribution in [2.75, 3.05) is 49.2 Å². The first kappa shape index (κ1) is 16.2. The van der Waals surface area contributed by atoms with E-state index in [4.69, 9.17) is 10.00 Å². The molecule has 4 heterocycles. The predicted molar refractivity (Wildman–Crippen MR) is 95.8 cm³/mol. The van der Waals surface area contributed by atoms with Crippen molar-refractivity contribution in [1.82, 2.24) is 15.2 Å². The second-order valence-corrected chi connectivity index (χ2v) is 7.53. The maximum atomic E-state index is 9.12. The van der Waals surface area contributed by atoms with E-state index in [1.54, 1.807) is 22.9 Å². The van der Waals surface area contributed by atoms with E-state index in [0.29, 0.717) is 12.3 Å². The molecule has 0 aliphatic carbocycles. The zero-order chi connectivity index (χ0) is 17.1. The fourth-order valence-electron chi connectivity index (χ4n) is 3.77. The molecule has 7 nitrogen and oxygen atoms in total. The number of rotatable bonds is 2. The number of pyridine rings is 1. The number of hydrogen-bond donors (Lipinski definition) is 0. The number of anilines is 2. The second kappa shape index (κ2) is 6.94. The minimum absolute atomic E-state index is 0.0464. The second-order valence-electron chi connectivity index (χ2n) is 6.71. The van der Waals surface area contributed by atoms with Crippen molar-refractivity contribution in [2.24, 2.45) is 5.41 Å². The summed E-state index contributed by atoms with van der Waals surface area (Å²) in [6.45, 7) is 5.03. The highest BCUT2D eigenvalue weighted by molar-refractivity contribution is 7.13. The molecule has 4 rings (SSSR count). The van der Waals surface area contributed by atoms with Crippen LogP contribution in [0.1, 0.15) is 18.5 Å². The van der Waals surface area contributed by atoms with Crippen LogP contribution in [0.15, 0.2) is 23.7 Å². The third-order valence-corrected chi connectivity index (χ3v) is 5.64. The Morgan fingerprint density at radius 2 is 2.16 bits per heavy atom. The van der Waals surface area contributed by atoms with Crippen molar-refractivity contribution in [3.63, 3.8) is 0 Å². The Morgan fingerprint density at radius 1 is 1.24 bits per heavy atom. The molecule has 1 unspecified atom stereocenters. The Morgan fingerprint density at radius 3 is 3.00 bits per heavy atom. The van der Waals surface area contributed by atoms with Gasteiger partial charge in [0.15, 0.2) is 0 Å². The normalized spacial score (nSPS) is 24.1. The summed E-state index contributed by atoms with van der Waals surface area (Å²) in [5.74, 6) is 0.858. The molecule has 1 spiro atoms. The molecular formula is C17H20N6OS. The van der Waals surface area contributed by atoms with Gasteiger partial charge in [-0.25, -0.2) is 4.98 Å². The van der Waals surface area contributed by atoms with Crippen molar-refractivity contribution in [1.29, 1.82) is 5.26 Å². The first-order valence-corrected chi connectivity index (χ1v) is 9.37. The van der Waals surface area contributed by atoms with Gasteiger partial charge in [-0.2, -0.15) is 5.26 Å². The van der Waals surface area contributed by atoms with E-state index in [1.165, 1.54) is 0 Å². The van der Waals surface area contributed by atoms with Crippen molar-refractivity contribution < 1.29 is 4.74 Å².